The molecule has 0 amide bonds. The van der Waals surface area contributed by atoms with Crippen molar-refractivity contribution in [3.05, 3.63) is 35.4 Å². The molecule has 0 fully saturated rings. The van der Waals surface area contributed by atoms with Gasteiger partial charge in [-0.3, -0.25) is 4.79 Å². The Labute approximate surface area is 78.8 Å². The van der Waals surface area contributed by atoms with E-state index in [1.807, 2.05) is 18.2 Å². The van der Waals surface area contributed by atoms with E-state index in [9.17, 15) is 4.79 Å². The van der Waals surface area contributed by atoms with E-state index in [4.69, 9.17) is 0 Å². The lowest BCUT2D eigenvalue weighted by Crippen LogP contribution is -1.98. The zero-order valence-electron chi connectivity index (χ0n) is 7.92. The molecule has 0 aromatic heterocycles. The van der Waals surface area contributed by atoms with E-state index >= 15 is 0 Å². The van der Waals surface area contributed by atoms with Gasteiger partial charge < -0.3 is 0 Å². The Morgan fingerprint density at radius 3 is 2.92 bits per heavy atom. The van der Waals surface area contributed by atoms with Crippen LogP contribution in [0, 0.1) is 5.92 Å². The summed E-state index contributed by atoms with van der Waals surface area (Å²) in [4.78, 5) is 11.7. The number of hydrogen-bond acceptors (Lipinski definition) is 1. The lowest BCUT2D eigenvalue weighted by molar-refractivity contribution is 0.0979. The topological polar surface area (TPSA) is 17.1 Å². The fourth-order valence-corrected chi connectivity index (χ4v) is 1.96. The summed E-state index contributed by atoms with van der Waals surface area (Å²) in [5, 5.41) is 0. The van der Waals surface area contributed by atoms with Crippen LogP contribution in [0.15, 0.2) is 24.3 Å². The van der Waals surface area contributed by atoms with Crippen LogP contribution in [0.25, 0.3) is 0 Å². The second kappa shape index (κ2) is 3.33. The van der Waals surface area contributed by atoms with Crippen molar-refractivity contribution < 1.29 is 4.79 Å². The van der Waals surface area contributed by atoms with Gasteiger partial charge in [-0.05, 0) is 24.3 Å². The Morgan fingerprint density at radius 1 is 1.31 bits per heavy atom. The Kier molecular flexibility index (Phi) is 2.17. The van der Waals surface area contributed by atoms with Crippen molar-refractivity contribution in [2.24, 2.45) is 5.92 Å². The minimum Gasteiger partial charge on any atom is -0.294 e. The Bertz CT molecular complexity index is 328. The monoisotopic (exact) mass is 174 g/mol. The molecule has 1 aliphatic carbocycles. The molecule has 0 spiro atoms. The highest BCUT2D eigenvalue weighted by atomic mass is 16.1. The van der Waals surface area contributed by atoms with E-state index in [1.165, 1.54) is 5.56 Å². The highest BCUT2D eigenvalue weighted by Crippen LogP contribution is 2.23. The van der Waals surface area contributed by atoms with Crippen LogP contribution >= 0.6 is 0 Å². The van der Waals surface area contributed by atoms with Gasteiger partial charge in [0, 0.05) is 12.0 Å². The molecule has 0 heterocycles. The lowest BCUT2D eigenvalue weighted by atomic mass is 9.99. The first-order valence-electron chi connectivity index (χ1n) is 4.88. The van der Waals surface area contributed by atoms with Gasteiger partial charge in [-0.15, -0.1) is 0 Å². The quantitative estimate of drug-likeness (QED) is 0.553. The van der Waals surface area contributed by atoms with Gasteiger partial charge in [0.1, 0.15) is 0 Å². The Morgan fingerprint density at radius 2 is 2.08 bits per heavy atom. The highest BCUT2D eigenvalue weighted by Gasteiger charge is 2.18. The van der Waals surface area contributed by atoms with Crippen molar-refractivity contribution in [3.63, 3.8) is 0 Å². The van der Waals surface area contributed by atoms with Gasteiger partial charge in [0.15, 0.2) is 5.78 Å². The highest BCUT2D eigenvalue weighted by molar-refractivity contribution is 5.97. The van der Waals surface area contributed by atoms with Gasteiger partial charge in [0.05, 0.1) is 0 Å². The number of rotatable bonds is 0. The second-order valence-electron chi connectivity index (χ2n) is 3.93. The molecule has 1 aromatic carbocycles. The molecule has 13 heavy (non-hydrogen) atoms. The van der Waals surface area contributed by atoms with E-state index in [0.717, 1.165) is 24.8 Å². The smallest absolute Gasteiger partial charge is 0.163 e. The normalized spacial score (nSPS) is 22.2. The van der Waals surface area contributed by atoms with Gasteiger partial charge in [0.2, 0.25) is 0 Å². The largest absolute Gasteiger partial charge is 0.294 e. The SMILES string of the molecule is CC1CCC(=O)c2ccccc2C1. The zero-order valence-corrected chi connectivity index (χ0v) is 7.92. The predicted molar refractivity (Wildman–Crippen MR) is 52.9 cm³/mol. The maximum atomic E-state index is 11.7. The van der Waals surface area contributed by atoms with Crippen LogP contribution in [0.1, 0.15) is 35.7 Å². The number of Topliss-reactive ketones (excluding diaryl/α,β-unsaturated/α-hetero) is 1. The molecule has 1 nitrogen and oxygen atoms in total. The molecule has 0 bridgehead atoms. The molecule has 2 rings (SSSR count). The summed E-state index contributed by atoms with van der Waals surface area (Å²) in [5.74, 6) is 0.965. The van der Waals surface area contributed by atoms with Crippen LogP contribution in [-0.2, 0) is 6.42 Å². The molecule has 1 unspecified atom stereocenters. The number of fused-ring (bicyclic) bond motifs is 1. The van der Waals surface area contributed by atoms with Crippen molar-refractivity contribution >= 4 is 5.78 Å². The van der Waals surface area contributed by atoms with Crippen LogP contribution in [0.3, 0.4) is 0 Å². The van der Waals surface area contributed by atoms with Crippen LogP contribution in [0.5, 0.6) is 0 Å². The van der Waals surface area contributed by atoms with E-state index in [-0.39, 0.29) is 0 Å². The van der Waals surface area contributed by atoms with E-state index in [1.54, 1.807) is 0 Å². The van der Waals surface area contributed by atoms with Gasteiger partial charge in [-0.25, -0.2) is 0 Å². The molecule has 0 N–H and O–H groups in total. The molecule has 0 saturated carbocycles. The van der Waals surface area contributed by atoms with Gasteiger partial charge in [0.25, 0.3) is 0 Å². The van der Waals surface area contributed by atoms with Crippen LogP contribution in [-0.4, -0.2) is 5.78 Å². The fraction of sp³-hybridized carbons (Fsp3) is 0.417. The van der Waals surface area contributed by atoms with E-state index in [0.29, 0.717) is 11.7 Å². The standard InChI is InChI=1S/C12H14O/c1-9-6-7-12(13)11-5-3-2-4-10(11)8-9/h2-5,9H,6-8H2,1H3. The van der Waals surface area contributed by atoms with Crippen LogP contribution < -0.4 is 0 Å². The number of carbonyl (C=O) groups excluding carboxylic acids is 1. The minimum atomic E-state index is 0.319. The molecule has 0 saturated heterocycles. The lowest BCUT2D eigenvalue weighted by Gasteiger charge is -2.06. The average Bonchev–Trinajstić information content (AvgIpc) is 2.27. The molecule has 1 heteroatoms. The maximum absolute atomic E-state index is 11.7. The average molecular weight is 174 g/mol. The molecular formula is C12H14O. The third-order valence-corrected chi connectivity index (χ3v) is 2.75. The van der Waals surface area contributed by atoms with Crippen molar-refractivity contribution in [1.29, 1.82) is 0 Å². The number of carbonyl (C=O) groups is 1. The predicted octanol–water partition coefficient (Wildman–Crippen LogP) is 2.84. The summed E-state index contributed by atoms with van der Waals surface area (Å²) in [5.41, 5.74) is 2.18. The minimum absolute atomic E-state index is 0.319. The van der Waals surface area contributed by atoms with Gasteiger partial charge >= 0.3 is 0 Å². The van der Waals surface area contributed by atoms with E-state index in [2.05, 4.69) is 13.0 Å². The van der Waals surface area contributed by atoms with Gasteiger partial charge in [-0.1, -0.05) is 31.2 Å². The van der Waals surface area contributed by atoms with Crippen molar-refractivity contribution in [3.8, 4) is 0 Å². The van der Waals surface area contributed by atoms with Crippen molar-refractivity contribution in [2.45, 2.75) is 26.2 Å². The fourth-order valence-electron chi connectivity index (χ4n) is 1.96. The molecule has 68 valence electrons. The van der Waals surface area contributed by atoms with Crippen molar-refractivity contribution in [1.82, 2.24) is 0 Å². The molecule has 1 aromatic rings. The third-order valence-electron chi connectivity index (χ3n) is 2.75. The summed E-state index contributed by atoms with van der Waals surface area (Å²) in [7, 11) is 0. The summed E-state index contributed by atoms with van der Waals surface area (Å²) in [6.07, 6.45) is 2.81. The summed E-state index contributed by atoms with van der Waals surface area (Å²) < 4.78 is 0. The Balaban J connectivity index is 2.43. The number of hydrogen-bond donors (Lipinski definition) is 0. The van der Waals surface area contributed by atoms with Crippen LogP contribution in [0.4, 0.5) is 0 Å². The molecule has 0 radical (unpaired) electrons. The first kappa shape index (κ1) is 8.49. The molecular weight excluding hydrogens is 160 g/mol. The summed E-state index contributed by atoms with van der Waals surface area (Å²) in [6.45, 7) is 2.22. The Hall–Kier alpha value is -1.11. The zero-order chi connectivity index (χ0) is 9.26. The van der Waals surface area contributed by atoms with Gasteiger partial charge in [-0.2, -0.15) is 0 Å². The summed E-state index contributed by atoms with van der Waals surface area (Å²) in [6, 6.07) is 8.00. The molecule has 1 aliphatic rings. The molecule has 1 atom stereocenters. The van der Waals surface area contributed by atoms with Crippen molar-refractivity contribution in [2.75, 3.05) is 0 Å². The van der Waals surface area contributed by atoms with E-state index < -0.39 is 0 Å². The first-order valence-corrected chi connectivity index (χ1v) is 4.88. The molecule has 0 aliphatic heterocycles. The van der Waals surface area contributed by atoms with Crippen LogP contribution in [0.2, 0.25) is 0 Å². The second-order valence-corrected chi connectivity index (χ2v) is 3.93. The third kappa shape index (κ3) is 1.64. The number of benzene rings is 1. The maximum Gasteiger partial charge on any atom is 0.163 e. The summed E-state index contributed by atoms with van der Waals surface area (Å²) >= 11 is 0. The number of ketones is 1. The first-order chi connectivity index (χ1) is 6.27.